The number of ether oxygens (including phenoxy) is 3. The standard InChI is InChI=1S/C19H36O4.C19H34O4.C16H13N3O3/c2*1-3-4-5-6-7-8-9-10-11-12-13-14-18(21)15-19(22)16-23-17(2)20;1-22-16(21)19-15-17-12-8-7-11(9-13(12)18-15)14(20)10-5-3-2-4-6-10/h3,18-19,21-22H,1,4-16H2,2H3;1,18-19,21-22H,4-16H2,2H3;2-9H,1H3,(H2,17,18,19,21). The number of amides is 1. The van der Waals surface area contributed by atoms with Crippen LogP contribution >= 0.6 is 0 Å². The number of allylic oxidation sites excluding steroid dienone is 1. The fourth-order valence-corrected chi connectivity index (χ4v) is 7.29. The fraction of sp³-hybridized carbons (Fsp3) is 0.611. The van der Waals surface area contributed by atoms with E-state index < -0.39 is 42.4 Å². The Labute approximate surface area is 406 Å². The van der Waals surface area contributed by atoms with E-state index in [0.29, 0.717) is 35.0 Å². The van der Waals surface area contributed by atoms with Crippen LogP contribution in [0.1, 0.15) is 184 Å². The third kappa shape index (κ3) is 32.6. The van der Waals surface area contributed by atoms with Crippen molar-refractivity contribution in [1.82, 2.24) is 9.97 Å². The summed E-state index contributed by atoms with van der Waals surface area (Å²) in [5, 5.41) is 41.3. The minimum Gasteiger partial charge on any atom is -0.463 e. The molecule has 1 amide bonds. The van der Waals surface area contributed by atoms with Gasteiger partial charge in [-0.1, -0.05) is 139 Å². The molecule has 0 saturated heterocycles. The van der Waals surface area contributed by atoms with E-state index >= 15 is 0 Å². The molecule has 4 atom stereocenters. The number of unbranched alkanes of at least 4 members (excludes halogenated alkanes) is 18. The highest BCUT2D eigenvalue weighted by Crippen LogP contribution is 2.19. The molecule has 1 aromatic heterocycles. The Bertz CT molecular complexity index is 1840. The number of hydrogen-bond acceptors (Lipinski definition) is 12. The number of methoxy groups -OCH3 is 1. The molecule has 0 saturated carbocycles. The summed E-state index contributed by atoms with van der Waals surface area (Å²) in [4.78, 5) is 51.9. The Morgan fingerprint density at radius 1 is 0.676 bits per heavy atom. The molecule has 3 rings (SSSR count). The number of rotatable bonds is 34. The van der Waals surface area contributed by atoms with Crippen molar-refractivity contribution in [3.8, 4) is 12.3 Å². The first-order valence-corrected chi connectivity index (χ1v) is 24.8. The average Bonchev–Trinajstić information content (AvgIpc) is 3.73. The number of nitrogens with one attached hydrogen (secondary N) is 2. The highest BCUT2D eigenvalue weighted by atomic mass is 16.5. The van der Waals surface area contributed by atoms with Gasteiger partial charge in [0.1, 0.15) is 13.2 Å². The molecule has 14 nitrogen and oxygen atoms in total. The molecule has 14 heteroatoms. The summed E-state index contributed by atoms with van der Waals surface area (Å²) < 4.78 is 13.9. The average molecular weight is 950 g/mol. The van der Waals surface area contributed by atoms with Crippen molar-refractivity contribution in [1.29, 1.82) is 0 Å². The van der Waals surface area contributed by atoms with E-state index in [0.717, 1.165) is 44.9 Å². The summed E-state index contributed by atoms with van der Waals surface area (Å²) in [6.45, 7) is 6.28. The number of aromatic nitrogens is 2. The van der Waals surface area contributed by atoms with Crippen LogP contribution in [0.2, 0.25) is 0 Å². The lowest BCUT2D eigenvalue weighted by atomic mass is 10.0. The van der Waals surface area contributed by atoms with E-state index in [9.17, 15) is 39.6 Å². The van der Waals surface area contributed by atoms with Gasteiger partial charge in [-0.25, -0.2) is 9.78 Å². The maximum Gasteiger partial charge on any atom is 0.413 e. The maximum absolute atomic E-state index is 12.4. The molecule has 0 fully saturated rings. The van der Waals surface area contributed by atoms with Gasteiger partial charge in [-0.3, -0.25) is 19.7 Å². The first-order valence-electron chi connectivity index (χ1n) is 24.8. The van der Waals surface area contributed by atoms with Gasteiger partial charge in [-0.15, -0.1) is 18.9 Å². The van der Waals surface area contributed by atoms with Crippen LogP contribution in [0.15, 0.2) is 61.2 Å². The summed E-state index contributed by atoms with van der Waals surface area (Å²) in [5.41, 5.74) is 2.48. The highest BCUT2D eigenvalue weighted by molar-refractivity contribution is 6.10. The molecule has 0 aliphatic rings. The molecular formula is C54H83N3O11. The van der Waals surface area contributed by atoms with Crippen molar-refractivity contribution in [2.24, 2.45) is 0 Å². The lowest BCUT2D eigenvalue weighted by Gasteiger charge is -2.15. The van der Waals surface area contributed by atoms with Crippen LogP contribution in [0.5, 0.6) is 0 Å². The number of esters is 2. The van der Waals surface area contributed by atoms with Crippen molar-refractivity contribution in [2.75, 3.05) is 25.6 Å². The number of ketones is 1. The van der Waals surface area contributed by atoms with Crippen LogP contribution in [0, 0.1) is 12.3 Å². The molecule has 380 valence electrons. The first kappa shape index (κ1) is 60.9. The number of aliphatic hydroxyl groups is 4. The number of hydrogen-bond donors (Lipinski definition) is 6. The number of terminal acetylenes is 1. The Hall–Kier alpha value is -5.07. The first-order chi connectivity index (χ1) is 32.8. The van der Waals surface area contributed by atoms with E-state index in [1.807, 2.05) is 24.3 Å². The van der Waals surface area contributed by atoms with Crippen LogP contribution in [0.3, 0.4) is 0 Å². The van der Waals surface area contributed by atoms with Crippen LogP contribution in [0.4, 0.5) is 10.7 Å². The Kier molecular flexibility index (Phi) is 35.7. The third-order valence-corrected chi connectivity index (χ3v) is 11.0. The third-order valence-electron chi connectivity index (χ3n) is 11.0. The van der Waals surface area contributed by atoms with E-state index in [-0.39, 0.29) is 37.8 Å². The minimum atomic E-state index is -0.775. The van der Waals surface area contributed by atoms with Gasteiger partial charge in [0.05, 0.1) is 42.6 Å². The number of H-pyrrole nitrogens is 1. The summed E-state index contributed by atoms with van der Waals surface area (Å²) in [7, 11) is 1.27. The number of carbonyl (C=O) groups is 4. The van der Waals surface area contributed by atoms with Crippen LogP contribution < -0.4 is 5.32 Å². The number of carbonyl (C=O) groups excluding carboxylic acids is 4. The zero-order valence-electron chi connectivity index (χ0n) is 41.3. The van der Waals surface area contributed by atoms with Gasteiger partial charge in [0.2, 0.25) is 5.95 Å². The molecule has 0 aliphatic carbocycles. The molecule has 4 unspecified atom stereocenters. The Balaban J connectivity index is 0.000000510. The zero-order valence-corrected chi connectivity index (χ0v) is 41.3. The number of nitrogens with zero attached hydrogens (tertiary/aromatic N) is 1. The van der Waals surface area contributed by atoms with Gasteiger partial charge in [0.25, 0.3) is 0 Å². The summed E-state index contributed by atoms with van der Waals surface area (Å²) >= 11 is 0. The van der Waals surface area contributed by atoms with Crippen molar-refractivity contribution in [2.45, 2.75) is 192 Å². The van der Waals surface area contributed by atoms with E-state index in [4.69, 9.17) is 15.9 Å². The van der Waals surface area contributed by atoms with Crippen molar-refractivity contribution in [3.63, 3.8) is 0 Å². The van der Waals surface area contributed by atoms with E-state index in [1.54, 1.807) is 30.3 Å². The van der Waals surface area contributed by atoms with Crippen LogP contribution in [0.25, 0.3) is 11.0 Å². The molecule has 1 heterocycles. The van der Waals surface area contributed by atoms with Gasteiger partial charge >= 0.3 is 18.0 Å². The number of aliphatic hydroxyl groups excluding tert-OH is 4. The van der Waals surface area contributed by atoms with Gasteiger partial charge < -0.3 is 39.6 Å². The summed E-state index contributed by atoms with van der Waals surface area (Å²) in [5.74, 6) is 2.06. The number of fused-ring (bicyclic) bond motifs is 1. The zero-order chi connectivity index (χ0) is 50.2. The molecule has 68 heavy (non-hydrogen) atoms. The SMILES string of the molecule is C#CCCCCCCCCCCCC(O)CC(O)COC(C)=O.C=CCCCCCCCCCCCC(O)CC(O)COC(C)=O.COC(=O)Nc1nc2ccc(C(=O)c3ccccc3)cc2[nH]1. The van der Waals surface area contributed by atoms with Gasteiger partial charge in [0, 0.05) is 44.2 Å². The predicted molar refractivity (Wildman–Crippen MR) is 269 cm³/mol. The second kappa shape index (κ2) is 39.9. The monoisotopic (exact) mass is 950 g/mol. The topological polar surface area (TPSA) is 218 Å². The van der Waals surface area contributed by atoms with Crippen LogP contribution in [-0.2, 0) is 23.8 Å². The molecule has 0 spiro atoms. The number of imidazole rings is 1. The van der Waals surface area contributed by atoms with Gasteiger partial charge in [-0.2, -0.15) is 0 Å². The van der Waals surface area contributed by atoms with Crippen molar-refractivity contribution >= 4 is 40.8 Å². The predicted octanol–water partition coefficient (Wildman–Crippen LogP) is 10.7. The second-order valence-corrected chi connectivity index (χ2v) is 17.3. The second-order valence-electron chi connectivity index (χ2n) is 17.3. The smallest absolute Gasteiger partial charge is 0.413 e. The lowest BCUT2D eigenvalue weighted by Crippen LogP contribution is -2.23. The largest absolute Gasteiger partial charge is 0.463 e. The van der Waals surface area contributed by atoms with E-state index in [1.165, 1.54) is 104 Å². The number of anilines is 1. The maximum atomic E-state index is 12.4. The fourth-order valence-electron chi connectivity index (χ4n) is 7.29. The van der Waals surface area contributed by atoms with Crippen LogP contribution in [-0.4, -0.2) is 98.9 Å². The Morgan fingerprint density at radius 2 is 1.15 bits per heavy atom. The molecule has 2 aromatic carbocycles. The lowest BCUT2D eigenvalue weighted by molar-refractivity contribution is -0.145. The van der Waals surface area contributed by atoms with Gasteiger partial charge in [0.15, 0.2) is 5.78 Å². The molecular weight excluding hydrogens is 867 g/mol. The molecule has 3 aromatic rings. The number of benzene rings is 2. The summed E-state index contributed by atoms with van der Waals surface area (Å²) in [6.07, 6.45) is 29.9. The normalized spacial score (nSPS) is 12.4. The molecule has 0 bridgehead atoms. The molecule has 6 N–H and O–H groups in total. The van der Waals surface area contributed by atoms with E-state index in [2.05, 4.69) is 32.5 Å². The van der Waals surface area contributed by atoms with Gasteiger partial charge in [-0.05, 0) is 50.3 Å². The summed E-state index contributed by atoms with van der Waals surface area (Å²) in [6, 6.07) is 14.2. The van der Waals surface area contributed by atoms with Crippen molar-refractivity contribution in [3.05, 3.63) is 72.3 Å². The minimum absolute atomic E-state index is 0.0286. The quantitative estimate of drug-likeness (QED) is 0.00823. The number of aromatic amines is 1. The Morgan fingerprint density at radius 3 is 1.60 bits per heavy atom. The molecule has 0 aliphatic heterocycles. The van der Waals surface area contributed by atoms with Crippen molar-refractivity contribution < 1.29 is 53.8 Å². The highest BCUT2D eigenvalue weighted by Gasteiger charge is 2.15. The molecule has 0 radical (unpaired) electrons.